The second-order valence-electron chi connectivity index (χ2n) is 3.07. The van der Waals surface area contributed by atoms with Gasteiger partial charge < -0.3 is 5.32 Å². The van der Waals surface area contributed by atoms with Gasteiger partial charge in [-0.05, 0) is 19.8 Å². The molecule has 1 aliphatic rings. The molecule has 0 aromatic carbocycles. The smallest absolute Gasteiger partial charge is 0.234 e. The summed E-state index contributed by atoms with van der Waals surface area (Å²) in [7, 11) is 0. The quantitative estimate of drug-likeness (QED) is 0.607. The third kappa shape index (κ3) is 3.35. The van der Waals surface area contributed by atoms with Crippen molar-refractivity contribution in [3.63, 3.8) is 0 Å². The molecule has 0 heterocycles. The van der Waals surface area contributed by atoms with Crippen molar-refractivity contribution in [2.45, 2.75) is 31.8 Å². The lowest BCUT2D eigenvalue weighted by Crippen LogP contribution is -2.38. The SMILES string of the molecule is CC(C#N)NCC(=O)NC1CC1. The lowest BCUT2D eigenvalue weighted by molar-refractivity contribution is -0.120. The fraction of sp³-hybridized carbons (Fsp3) is 0.750. The van der Waals surface area contributed by atoms with Gasteiger partial charge in [-0.15, -0.1) is 0 Å². The second-order valence-corrected chi connectivity index (χ2v) is 3.07. The normalized spacial score (nSPS) is 18.0. The first-order chi connectivity index (χ1) is 5.72. The van der Waals surface area contributed by atoms with Gasteiger partial charge in [0.15, 0.2) is 0 Å². The number of amides is 1. The highest BCUT2D eigenvalue weighted by molar-refractivity contribution is 5.78. The Kier molecular flexibility index (Phi) is 3.06. The van der Waals surface area contributed by atoms with Gasteiger partial charge in [-0.1, -0.05) is 0 Å². The van der Waals surface area contributed by atoms with E-state index in [-0.39, 0.29) is 18.5 Å². The van der Waals surface area contributed by atoms with Crippen LogP contribution in [0.3, 0.4) is 0 Å². The number of nitrogens with zero attached hydrogens (tertiary/aromatic N) is 1. The molecule has 0 aliphatic heterocycles. The monoisotopic (exact) mass is 167 g/mol. The first-order valence-electron chi connectivity index (χ1n) is 4.14. The fourth-order valence-corrected chi connectivity index (χ4v) is 0.798. The van der Waals surface area contributed by atoms with Crippen LogP contribution in [-0.4, -0.2) is 24.5 Å². The van der Waals surface area contributed by atoms with E-state index in [4.69, 9.17) is 5.26 Å². The van der Waals surface area contributed by atoms with E-state index >= 15 is 0 Å². The van der Waals surface area contributed by atoms with Gasteiger partial charge in [0.2, 0.25) is 5.91 Å². The summed E-state index contributed by atoms with van der Waals surface area (Å²) in [5, 5.41) is 14.0. The number of carbonyl (C=O) groups is 1. The number of nitrogens with one attached hydrogen (secondary N) is 2. The number of hydrogen-bond acceptors (Lipinski definition) is 3. The molecule has 1 unspecified atom stereocenters. The largest absolute Gasteiger partial charge is 0.352 e. The molecule has 2 N–H and O–H groups in total. The molecular formula is C8H13N3O. The molecule has 0 saturated heterocycles. The molecule has 0 aromatic heterocycles. The minimum Gasteiger partial charge on any atom is -0.352 e. The summed E-state index contributed by atoms with van der Waals surface area (Å²) < 4.78 is 0. The van der Waals surface area contributed by atoms with Crippen LogP contribution in [0.1, 0.15) is 19.8 Å². The number of carbonyl (C=O) groups excluding carboxylic acids is 1. The minimum atomic E-state index is -0.255. The molecule has 1 amide bonds. The summed E-state index contributed by atoms with van der Waals surface area (Å²) >= 11 is 0. The zero-order valence-electron chi connectivity index (χ0n) is 7.13. The van der Waals surface area contributed by atoms with E-state index in [1.54, 1.807) is 6.92 Å². The van der Waals surface area contributed by atoms with E-state index in [9.17, 15) is 4.79 Å². The third-order valence-corrected chi connectivity index (χ3v) is 1.70. The number of rotatable bonds is 4. The molecule has 12 heavy (non-hydrogen) atoms. The summed E-state index contributed by atoms with van der Waals surface area (Å²) in [4.78, 5) is 11.0. The van der Waals surface area contributed by atoms with Gasteiger partial charge >= 0.3 is 0 Å². The summed E-state index contributed by atoms with van der Waals surface area (Å²) in [5.74, 6) is -0.0143. The van der Waals surface area contributed by atoms with Crippen LogP contribution in [-0.2, 0) is 4.79 Å². The van der Waals surface area contributed by atoms with E-state index in [0.717, 1.165) is 12.8 Å². The van der Waals surface area contributed by atoms with Crippen LogP contribution >= 0.6 is 0 Å². The average Bonchev–Trinajstić information content (AvgIpc) is 2.84. The maximum atomic E-state index is 11.0. The Hall–Kier alpha value is -1.08. The average molecular weight is 167 g/mol. The molecule has 0 radical (unpaired) electrons. The zero-order chi connectivity index (χ0) is 8.97. The second kappa shape index (κ2) is 4.07. The predicted octanol–water partition coefficient (Wildman–Crippen LogP) is -0.233. The number of nitriles is 1. The van der Waals surface area contributed by atoms with Crippen molar-refractivity contribution in [1.82, 2.24) is 10.6 Å². The Morgan fingerprint density at radius 1 is 1.75 bits per heavy atom. The third-order valence-electron chi connectivity index (χ3n) is 1.70. The highest BCUT2D eigenvalue weighted by atomic mass is 16.2. The van der Waals surface area contributed by atoms with Crippen LogP contribution < -0.4 is 10.6 Å². The fourth-order valence-electron chi connectivity index (χ4n) is 0.798. The minimum absolute atomic E-state index is 0.0143. The van der Waals surface area contributed by atoms with Gasteiger partial charge in [0.05, 0.1) is 18.7 Å². The topological polar surface area (TPSA) is 64.9 Å². The molecule has 0 bridgehead atoms. The first-order valence-corrected chi connectivity index (χ1v) is 4.14. The van der Waals surface area contributed by atoms with Crippen molar-refractivity contribution >= 4 is 5.91 Å². The Labute approximate surface area is 71.9 Å². The number of hydrogen-bond donors (Lipinski definition) is 2. The van der Waals surface area contributed by atoms with Crippen LogP contribution in [0.4, 0.5) is 0 Å². The van der Waals surface area contributed by atoms with Gasteiger partial charge in [0.1, 0.15) is 0 Å². The van der Waals surface area contributed by atoms with E-state index in [2.05, 4.69) is 10.6 Å². The molecule has 4 heteroatoms. The highest BCUT2D eigenvalue weighted by Crippen LogP contribution is 2.18. The summed E-state index contributed by atoms with van der Waals surface area (Å²) in [6.07, 6.45) is 2.19. The van der Waals surface area contributed by atoms with Crippen LogP contribution in [0, 0.1) is 11.3 Å². The first kappa shape index (κ1) is 9.01. The van der Waals surface area contributed by atoms with E-state index < -0.39 is 0 Å². The van der Waals surface area contributed by atoms with Gasteiger partial charge in [-0.25, -0.2) is 0 Å². The summed E-state index contributed by atoms with van der Waals surface area (Å²) in [6, 6.07) is 2.14. The van der Waals surface area contributed by atoms with Crippen molar-refractivity contribution in [3.05, 3.63) is 0 Å². The predicted molar refractivity (Wildman–Crippen MR) is 44.2 cm³/mol. The van der Waals surface area contributed by atoms with Crippen molar-refractivity contribution < 1.29 is 4.79 Å². The van der Waals surface area contributed by atoms with Crippen molar-refractivity contribution in [3.8, 4) is 6.07 Å². The maximum Gasteiger partial charge on any atom is 0.234 e. The molecule has 0 spiro atoms. The van der Waals surface area contributed by atoms with Crippen molar-refractivity contribution in [2.24, 2.45) is 0 Å². The molecule has 1 aliphatic carbocycles. The Morgan fingerprint density at radius 3 is 2.92 bits per heavy atom. The standard InChI is InChI=1S/C8H13N3O/c1-6(4-9)10-5-8(12)11-7-2-3-7/h6-7,10H,2-3,5H2,1H3,(H,11,12). The van der Waals surface area contributed by atoms with E-state index in [0.29, 0.717) is 6.04 Å². The molecule has 1 rings (SSSR count). The van der Waals surface area contributed by atoms with Crippen LogP contribution in [0.5, 0.6) is 0 Å². The maximum absolute atomic E-state index is 11.0. The Balaban J connectivity index is 2.05. The molecule has 1 saturated carbocycles. The Bertz CT molecular complexity index is 205. The lowest BCUT2D eigenvalue weighted by atomic mass is 10.4. The van der Waals surface area contributed by atoms with Crippen LogP contribution in [0.15, 0.2) is 0 Å². The van der Waals surface area contributed by atoms with Crippen molar-refractivity contribution in [1.29, 1.82) is 5.26 Å². The summed E-state index contributed by atoms with van der Waals surface area (Å²) in [6.45, 7) is 1.97. The Morgan fingerprint density at radius 2 is 2.42 bits per heavy atom. The van der Waals surface area contributed by atoms with Crippen LogP contribution in [0.25, 0.3) is 0 Å². The van der Waals surface area contributed by atoms with Crippen LogP contribution in [0.2, 0.25) is 0 Å². The zero-order valence-corrected chi connectivity index (χ0v) is 7.13. The highest BCUT2D eigenvalue weighted by Gasteiger charge is 2.22. The van der Waals surface area contributed by atoms with Gasteiger partial charge in [0, 0.05) is 6.04 Å². The molecule has 0 aromatic rings. The van der Waals surface area contributed by atoms with E-state index in [1.165, 1.54) is 0 Å². The molecule has 1 fully saturated rings. The molecular weight excluding hydrogens is 154 g/mol. The van der Waals surface area contributed by atoms with Gasteiger partial charge in [0.25, 0.3) is 0 Å². The van der Waals surface area contributed by atoms with E-state index in [1.807, 2.05) is 6.07 Å². The molecule has 66 valence electrons. The van der Waals surface area contributed by atoms with Gasteiger partial charge in [-0.2, -0.15) is 5.26 Å². The van der Waals surface area contributed by atoms with Crippen molar-refractivity contribution in [2.75, 3.05) is 6.54 Å². The summed E-state index contributed by atoms with van der Waals surface area (Å²) in [5.41, 5.74) is 0. The molecule has 1 atom stereocenters. The lowest BCUT2D eigenvalue weighted by Gasteiger charge is -2.05. The van der Waals surface area contributed by atoms with Gasteiger partial charge in [-0.3, -0.25) is 10.1 Å². The molecule has 4 nitrogen and oxygen atoms in total.